The van der Waals surface area contributed by atoms with E-state index < -0.39 is 13.9 Å². The number of carbonyl (C=O) groups is 1. The lowest BCUT2D eigenvalue weighted by Crippen LogP contribution is -2.62. The van der Waals surface area contributed by atoms with E-state index in [-0.39, 0.29) is 37.7 Å². The first-order chi connectivity index (χ1) is 14.9. The fraction of sp³-hybridized carbons (Fsp3) is 0.958. The van der Waals surface area contributed by atoms with E-state index in [2.05, 4.69) is 41.5 Å². The average molecular weight is 477 g/mol. The van der Waals surface area contributed by atoms with Gasteiger partial charge in [-0.25, -0.2) is 0 Å². The van der Waals surface area contributed by atoms with Crippen molar-refractivity contribution in [3.8, 4) is 0 Å². The maximum atomic E-state index is 11.8. The van der Waals surface area contributed by atoms with Gasteiger partial charge in [0, 0.05) is 27.1 Å². The third-order valence-corrected chi connectivity index (χ3v) is 12.9. The molecule has 1 heterocycles. The summed E-state index contributed by atoms with van der Waals surface area (Å²) in [4.78, 5) is 11.8. The number of ketones is 1. The van der Waals surface area contributed by atoms with Crippen LogP contribution in [0.25, 0.3) is 0 Å². The molecule has 0 saturated carbocycles. The Hall–Kier alpha value is -0.353. The fourth-order valence-corrected chi connectivity index (χ4v) is 10.9. The predicted octanol–water partition coefficient (Wildman–Crippen LogP) is 5.07. The number of methoxy groups -OCH3 is 2. The van der Waals surface area contributed by atoms with Gasteiger partial charge in [-0.15, -0.1) is 0 Å². The van der Waals surface area contributed by atoms with Crippen LogP contribution in [-0.4, -0.2) is 72.4 Å². The topological polar surface area (TPSA) is 72.5 Å². The molecule has 0 unspecified atom stereocenters. The van der Waals surface area contributed by atoms with Crippen molar-refractivity contribution in [2.45, 2.75) is 115 Å². The molecule has 32 heavy (non-hydrogen) atoms. The van der Waals surface area contributed by atoms with Crippen molar-refractivity contribution in [3.63, 3.8) is 0 Å². The maximum absolute atomic E-state index is 11.8. The highest BCUT2D eigenvalue weighted by Gasteiger charge is 2.52. The SMILES string of the molecule is COCOC[C@@]1(C)O[C@@H](CCC(C)=O)[C@H](O[Si](C(C)C)(C(C)C)C(C)C)C[C@@H]1OCOC. The Labute approximate surface area is 196 Å². The molecule has 0 radical (unpaired) electrons. The Balaban J connectivity index is 3.28. The summed E-state index contributed by atoms with van der Waals surface area (Å²) in [5.74, 6) is 0.155. The Morgan fingerprint density at radius 2 is 1.59 bits per heavy atom. The number of ether oxygens (including phenoxy) is 5. The van der Waals surface area contributed by atoms with Crippen molar-refractivity contribution in [2.24, 2.45) is 0 Å². The average Bonchev–Trinajstić information content (AvgIpc) is 2.69. The van der Waals surface area contributed by atoms with Crippen LogP contribution in [-0.2, 0) is 32.9 Å². The molecule has 0 aliphatic carbocycles. The predicted molar refractivity (Wildman–Crippen MR) is 128 cm³/mol. The molecule has 1 aliphatic rings. The van der Waals surface area contributed by atoms with Crippen molar-refractivity contribution in [1.82, 2.24) is 0 Å². The first-order valence-corrected chi connectivity index (χ1v) is 14.1. The van der Waals surface area contributed by atoms with Gasteiger partial charge in [-0.2, -0.15) is 0 Å². The molecule has 0 aromatic rings. The number of Topliss-reactive ketones (excluding diaryl/α,β-unsaturated/α-hetero) is 1. The summed E-state index contributed by atoms with van der Waals surface area (Å²) in [5.41, 5.74) is 0.656. The van der Waals surface area contributed by atoms with Gasteiger partial charge >= 0.3 is 0 Å². The van der Waals surface area contributed by atoms with E-state index >= 15 is 0 Å². The summed E-state index contributed by atoms with van der Waals surface area (Å²) in [6.07, 6.45) is 1.13. The molecule has 8 heteroatoms. The zero-order chi connectivity index (χ0) is 24.5. The standard InChI is InChI=1S/C24H48O7Si/c1-17(2)32(18(3)4,19(5)6)31-22-13-23(29-16-27-10)24(8,14-28-15-26-9)30-21(22)12-11-20(7)25/h17-19,21-23H,11-16H2,1-10H3/t21-,22+,23-,24+/m0/s1. The molecule has 0 bridgehead atoms. The Morgan fingerprint density at radius 1 is 1.03 bits per heavy atom. The minimum Gasteiger partial charge on any atom is -0.410 e. The molecule has 0 spiro atoms. The van der Waals surface area contributed by atoms with Crippen LogP contribution in [0.3, 0.4) is 0 Å². The van der Waals surface area contributed by atoms with Gasteiger partial charge in [-0.3, -0.25) is 0 Å². The van der Waals surface area contributed by atoms with Crippen molar-refractivity contribution in [2.75, 3.05) is 34.4 Å². The minimum atomic E-state index is -2.15. The molecular weight excluding hydrogens is 428 g/mol. The Kier molecular flexibility index (Phi) is 12.5. The fourth-order valence-electron chi connectivity index (χ4n) is 5.34. The molecule has 0 amide bonds. The number of hydrogen-bond acceptors (Lipinski definition) is 7. The maximum Gasteiger partial charge on any atom is 0.200 e. The van der Waals surface area contributed by atoms with Crippen LogP contribution < -0.4 is 0 Å². The lowest BCUT2D eigenvalue weighted by molar-refractivity contribution is -0.264. The lowest BCUT2D eigenvalue weighted by atomic mass is 9.87. The summed E-state index contributed by atoms with van der Waals surface area (Å²) >= 11 is 0. The van der Waals surface area contributed by atoms with Gasteiger partial charge < -0.3 is 32.9 Å². The Bertz CT molecular complexity index is 533. The van der Waals surface area contributed by atoms with Crippen molar-refractivity contribution in [1.29, 1.82) is 0 Å². The smallest absolute Gasteiger partial charge is 0.200 e. The van der Waals surface area contributed by atoms with E-state index in [4.69, 9.17) is 28.1 Å². The third-order valence-electron chi connectivity index (χ3n) is 6.78. The zero-order valence-corrected chi connectivity index (χ0v) is 23.1. The quantitative estimate of drug-likeness (QED) is 0.185. The second kappa shape index (κ2) is 13.5. The lowest BCUT2D eigenvalue weighted by Gasteiger charge is -2.52. The third kappa shape index (κ3) is 7.58. The van der Waals surface area contributed by atoms with Gasteiger partial charge in [0.05, 0.1) is 24.9 Å². The summed E-state index contributed by atoms with van der Waals surface area (Å²) in [5, 5.41) is 0. The van der Waals surface area contributed by atoms with Gasteiger partial charge in [0.1, 0.15) is 25.0 Å². The first-order valence-electron chi connectivity index (χ1n) is 12.0. The van der Waals surface area contributed by atoms with Gasteiger partial charge in [0.2, 0.25) is 8.32 Å². The van der Waals surface area contributed by atoms with Crippen LogP contribution in [0, 0.1) is 0 Å². The van der Waals surface area contributed by atoms with Crippen LogP contribution in [0.2, 0.25) is 16.6 Å². The van der Waals surface area contributed by atoms with Crippen LogP contribution in [0.15, 0.2) is 0 Å². The monoisotopic (exact) mass is 476 g/mol. The normalized spacial score (nSPS) is 27.0. The van der Waals surface area contributed by atoms with E-state index in [1.165, 1.54) is 0 Å². The molecule has 0 aromatic heterocycles. The molecule has 0 aromatic carbocycles. The Morgan fingerprint density at radius 3 is 2.06 bits per heavy atom. The van der Waals surface area contributed by atoms with Crippen LogP contribution in [0.4, 0.5) is 0 Å². The van der Waals surface area contributed by atoms with Crippen LogP contribution >= 0.6 is 0 Å². The largest absolute Gasteiger partial charge is 0.410 e. The molecule has 190 valence electrons. The number of hydrogen-bond donors (Lipinski definition) is 0. The molecule has 1 rings (SSSR count). The van der Waals surface area contributed by atoms with Crippen molar-refractivity contribution in [3.05, 3.63) is 0 Å². The van der Waals surface area contributed by atoms with E-state index in [9.17, 15) is 4.79 Å². The summed E-state index contributed by atoms with van der Waals surface area (Å²) in [6.45, 7) is 18.0. The molecular formula is C24H48O7Si. The summed E-state index contributed by atoms with van der Waals surface area (Å²) < 4.78 is 35.8. The van der Waals surface area contributed by atoms with E-state index in [0.29, 0.717) is 42.5 Å². The summed E-state index contributed by atoms with van der Waals surface area (Å²) in [7, 11) is 1.05. The van der Waals surface area contributed by atoms with Crippen LogP contribution in [0.5, 0.6) is 0 Å². The van der Waals surface area contributed by atoms with Gasteiger partial charge in [-0.05, 0) is 36.9 Å². The van der Waals surface area contributed by atoms with Crippen molar-refractivity contribution < 1.29 is 32.9 Å². The van der Waals surface area contributed by atoms with E-state index in [1.807, 2.05) is 6.92 Å². The minimum absolute atomic E-state index is 0.148. The molecule has 4 atom stereocenters. The van der Waals surface area contributed by atoms with E-state index in [1.54, 1.807) is 21.1 Å². The summed E-state index contributed by atoms with van der Waals surface area (Å²) in [6, 6.07) is 0. The highest BCUT2D eigenvalue weighted by molar-refractivity contribution is 6.77. The molecule has 1 saturated heterocycles. The number of carbonyl (C=O) groups excluding carboxylic acids is 1. The highest BCUT2D eigenvalue weighted by atomic mass is 28.4. The molecule has 1 fully saturated rings. The van der Waals surface area contributed by atoms with Gasteiger partial charge in [0.15, 0.2) is 0 Å². The highest BCUT2D eigenvalue weighted by Crippen LogP contribution is 2.46. The second-order valence-electron chi connectivity index (χ2n) is 10.2. The first kappa shape index (κ1) is 29.7. The van der Waals surface area contributed by atoms with Crippen molar-refractivity contribution >= 4 is 14.1 Å². The second-order valence-corrected chi connectivity index (χ2v) is 15.6. The number of rotatable bonds is 15. The van der Waals surface area contributed by atoms with Crippen LogP contribution in [0.1, 0.15) is 74.7 Å². The molecule has 0 N–H and O–H groups in total. The van der Waals surface area contributed by atoms with Gasteiger partial charge in [0.25, 0.3) is 0 Å². The van der Waals surface area contributed by atoms with Gasteiger partial charge in [-0.1, -0.05) is 41.5 Å². The zero-order valence-electron chi connectivity index (χ0n) is 22.1. The molecule has 7 nitrogen and oxygen atoms in total. The molecule has 1 aliphatic heterocycles. The van der Waals surface area contributed by atoms with E-state index in [0.717, 1.165) is 0 Å².